The Morgan fingerprint density at radius 2 is 1.93 bits per heavy atom. The Bertz CT molecular complexity index is 931. The number of thiophene rings is 2. The molecule has 1 unspecified atom stereocenters. The van der Waals surface area contributed by atoms with Crippen LogP contribution < -0.4 is 10.2 Å². The molecule has 0 radical (unpaired) electrons. The average Bonchev–Trinajstić information content (AvgIpc) is 3.19. The lowest BCUT2D eigenvalue weighted by Gasteiger charge is -2.33. The fourth-order valence-electron chi connectivity index (χ4n) is 4.53. The fourth-order valence-corrected chi connectivity index (χ4v) is 6.27. The Balaban J connectivity index is 1.33. The zero-order valence-electron chi connectivity index (χ0n) is 15.8. The lowest BCUT2D eigenvalue weighted by molar-refractivity contribution is -0.928. The van der Waals surface area contributed by atoms with Crippen LogP contribution in [0.15, 0.2) is 59.3 Å². The standard InChI is InChI=1S/C23H24N2OS2/c26-21(24-22(20-7-4-13-27-20)16-5-2-1-3-6-16)15-25-12-10-19-18(11-14-28-19)23(25)17-8-9-17/h1-7,11,13-14,17,22-23H,8-10,12,15H2,(H,24,26)/p+1/t22-,23+/m1/s1. The summed E-state index contributed by atoms with van der Waals surface area (Å²) < 4.78 is 0. The van der Waals surface area contributed by atoms with E-state index in [1.165, 1.54) is 28.2 Å². The Hall–Kier alpha value is -1.95. The lowest BCUT2D eigenvalue weighted by atomic mass is 9.96. The SMILES string of the molecule is O=C(C[NH+]1CCc2sccc2[C@@H]1C1CC1)N[C@H](c1ccccc1)c1cccs1. The van der Waals surface area contributed by atoms with Gasteiger partial charge in [0.15, 0.2) is 6.54 Å². The molecule has 3 atom stereocenters. The van der Waals surface area contributed by atoms with Gasteiger partial charge in [0, 0.05) is 27.7 Å². The molecule has 28 heavy (non-hydrogen) atoms. The van der Waals surface area contributed by atoms with E-state index in [2.05, 4.69) is 46.4 Å². The average molecular weight is 410 g/mol. The first-order valence-electron chi connectivity index (χ1n) is 10.1. The molecule has 0 bridgehead atoms. The van der Waals surface area contributed by atoms with Gasteiger partial charge in [0.2, 0.25) is 0 Å². The maximum Gasteiger partial charge on any atom is 0.275 e. The van der Waals surface area contributed by atoms with Gasteiger partial charge in [-0.1, -0.05) is 36.4 Å². The third-order valence-corrected chi connectivity index (χ3v) is 7.91. The Kier molecular flexibility index (Phi) is 5.05. The van der Waals surface area contributed by atoms with E-state index in [9.17, 15) is 4.79 Å². The molecule has 3 nitrogen and oxygen atoms in total. The molecule has 2 aliphatic rings. The van der Waals surface area contributed by atoms with Gasteiger partial charge in [0.1, 0.15) is 6.04 Å². The van der Waals surface area contributed by atoms with Gasteiger partial charge < -0.3 is 10.2 Å². The van der Waals surface area contributed by atoms with Crippen molar-refractivity contribution >= 4 is 28.6 Å². The van der Waals surface area contributed by atoms with Crippen molar-refractivity contribution in [3.05, 3.63) is 80.2 Å². The topological polar surface area (TPSA) is 33.5 Å². The molecule has 2 N–H and O–H groups in total. The molecule has 0 saturated heterocycles. The normalized spacial score (nSPS) is 22.4. The minimum Gasteiger partial charge on any atom is -0.339 e. The van der Waals surface area contributed by atoms with Crippen molar-refractivity contribution in [3.8, 4) is 0 Å². The highest BCUT2D eigenvalue weighted by atomic mass is 32.1. The van der Waals surface area contributed by atoms with Crippen LogP contribution in [0.3, 0.4) is 0 Å². The first-order valence-corrected chi connectivity index (χ1v) is 11.8. The predicted molar refractivity (Wildman–Crippen MR) is 115 cm³/mol. The number of hydrogen-bond acceptors (Lipinski definition) is 3. The van der Waals surface area contributed by atoms with Crippen molar-refractivity contribution in [2.75, 3.05) is 13.1 Å². The number of fused-ring (bicyclic) bond motifs is 1. The predicted octanol–water partition coefficient (Wildman–Crippen LogP) is 3.61. The molecule has 0 spiro atoms. The molecule has 1 aliphatic carbocycles. The molecule has 3 aromatic rings. The first-order chi connectivity index (χ1) is 13.8. The van der Waals surface area contributed by atoms with Gasteiger partial charge in [-0.2, -0.15) is 0 Å². The summed E-state index contributed by atoms with van der Waals surface area (Å²) in [5.74, 6) is 0.917. The highest BCUT2D eigenvalue weighted by Crippen LogP contribution is 2.42. The van der Waals surface area contributed by atoms with E-state index in [4.69, 9.17) is 0 Å². The Labute approximate surface area is 174 Å². The van der Waals surface area contributed by atoms with Crippen molar-refractivity contribution in [2.24, 2.45) is 5.92 Å². The first kappa shape index (κ1) is 18.1. The maximum absolute atomic E-state index is 13.1. The highest BCUT2D eigenvalue weighted by molar-refractivity contribution is 7.10. The summed E-state index contributed by atoms with van der Waals surface area (Å²) in [6.45, 7) is 1.63. The molecule has 5 heteroatoms. The van der Waals surface area contributed by atoms with E-state index >= 15 is 0 Å². The number of carbonyl (C=O) groups excluding carboxylic acids is 1. The summed E-state index contributed by atoms with van der Waals surface area (Å²) in [7, 11) is 0. The zero-order chi connectivity index (χ0) is 18.9. The Morgan fingerprint density at radius 1 is 1.07 bits per heavy atom. The minimum atomic E-state index is -0.0611. The molecular weight excluding hydrogens is 384 g/mol. The van der Waals surface area contributed by atoms with Crippen LogP contribution in [0.4, 0.5) is 0 Å². The summed E-state index contributed by atoms with van der Waals surface area (Å²) in [5, 5.41) is 7.64. The van der Waals surface area contributed by atoms with Gasteiger partial charge in [0.25, 0.3) is 5.91 Å². The van der Waals surface area contributed by atoms with Crippen LogP contribution in [0.25, 0.3) is 0 Å². The van der Waals surface area contributed by atoms with Gasteiger partial charge in [-0.15, -0.1) is 22.7 Å². The summed E-state index contributed by atoms with van der Waals surface area (Å²) >= 11 is 3.59. The number of benzene rings is 1. The van der Waals surface area contributed by atoms with Crippen LogP contribution in [-0.2, 0) is 11.2 Å². The molecule has 1 fully saturated rings. The number of quaternary nitrogens is 1. The van der Waals surface area contributed by atoms with E-state index in [0.717, 1.165) is 24.4 Å². The molecule has 1 amide bonds. The van der Waals surface area contributed by atoms with Gasteiger partial charge in [-0.05, 0) is 41.3 Å². The van der Waals surface area contributed by atoms with Crippen molar-refractivity contribution in [2.45, 2.75) is 31.3 Å². The Morgan fingerprint density at radius 3 is 2.68 bits per heavy atom. The smallest absolute Gasteiger partial charge is 0.275 e. The molecule has 1 saturated carbocycles. The maximum atomic E-state index is 13.1. The lowest BCUT2D eigenvalue weighted by Crippen LogP contribution is -3.14. The number of nitrogens with one attached hydrogen (secondary N) is 2. The summed E-state index contributed by atoms with van der Waals surface area (Å²) in [6.07, 6.45) is 3.73. The zero-order valence-corrected chi connectivity index (χ0v) is 17.4. The van der Waals surface area contributed by atoms with Crippen LogP contribution in [0.1, 0.15) is 45.8 Å². The summed E-state index contributed by atoms with van der Waals surface area (Å²) in [5.41, 5.74) is 2.66. The number of amides is 1. The summed E-state index contributed by atoms with van der Waals surface area (Å²) in [6, 6.07) is 17.2. The third-order valence-electron chi connectivity index (χ3n) is 5.97. The van der Waals surface area contributed by atoms with E-state index in [1.54, 1.807) is 16.2 Å². The van der Waals surface area contributed by atoms with Crippen LogP contribution in [-0.4, -0.2) is 19.0 Å². The van der Waals surface area contributed by atoms with Gasteiger partial charge in [-0.3, -0.25) is 4.79 Å². The van der Waals surface area contributed by atoms with E-state index < -0.39 is 0 Å². The molecule has 2 aromatic heterocycles. The van der Waals surface area contributed by atoms with Gasteiger partial charge >= 0.3 is 0 Å². The van der Waals surface area contributed by atoms with Crippen LogP contribution in [0.5, 0.6) is 0 Å². The van der Waals surface area contributed by atoms with Crippen molar-refractivity contribution in [3.63, 3.8) is 0 Å². The van der Waals surface area contributed by atoms with E-state index in [1.807, 2.05) is 29.5 Å². The van der Waals surface area contributed by atoms with Crippen molar-refractivity contribution < 1.29 is 9.69 Å². The van der Waals surface area contributed by atoms with E-state index in [0.29, 0.717) is 12.6 Å². The second-order valence-electron chi connectivity index (χ2n) is 7.88. The van der Waals surface area contributed by atoms with Crippen LogP contribution in [0.2, 0.25) is 0 Å². The molecule has 1 aromatic carbocycles. The molecule has 5 rings (SSSR count). The van der Waals surface area contributed by atoms with E-state index in [-0.39, 0.29) is 11.9 Å². The third kappa shape index (κ3) is 3.66. The quantitative estimate of drug-likeness (QED) is 0.641. The number of carbonyl (C=O) groups is 1. The van der Waals surface area contributed by atoms with Crippen LogP contribution >= 0.6 is 22.7 Å². The molecule has 3 heterocycles. The van der Waals surface area contributed by atoms with Gasteiger partial charge in [0.05, 0.1) is 12.6 Å². The number of hydrogen-bond donors (Lipinski definition) is 2. The summed E-state index contributed by atoms with van der Waals surface area (Å²) in [4.78, 5) is 17.3. The molecule has 1 aliphatic heterocycles. The minimum absolute atomic E-state index is 0.0611. The highest BCUT2D eigenvalue weighted by Gasteiger charge is 2.43. The largest absolute Gasteiger partial charge is 0.339 e. The second-order valence-corrected chi connectivity index (χ2v) is 9.86. The number of rotatable bonds is 6. The van der Waals surface area contributed by atoms with Gasteiger partial charge in [-0.25, -0.2) is 0 Å². The molecule has 144 valence electrons. The van der Waals surface area contributed by atoms with Crippen molar-refractivity contribution in [1.29, 1.82) is 0 Å². The monoisotopic (exact) mass is 409 g/mol. The fraction of sp³-hybridized carbons (Fsp3) is 0.348. The molecular formula is C23H25N2OS2+. The van der Waals surface area contributed by atoms with Crippen LogP contribution in [0, 0.1) is 5.92 Å². The second kappa shape index (κ2) is 7.82. The van der Waals surface area contributed by atoms with Crippen molar-refractivity contribution in [1.82, 2.24) is 5.32 Å².